The van der Waals surface area contributed by atoms with Gasteiger partial charge in [-0.15, -0.1) is 0 Å². The molecule has 3 aromatic carbocycles. The standard InChI is InChI=1S/C42H31ClF8N8O2S/c43-22-2-4-25(5-3-22)57-7-9-58(10-8-57)38-55-37-30(62-38)16-26(21-1-6-28(46)27(14-21)36(52)61)33(54-37)29(13-20-11-23(44)15-24(45)12-20)53-31(60)17-59-35-32(34(56-59)42(49,50)51)39-18-40(39,19-39)41(35,47)48/h1-6,11-12,14-16,29H,7-10,13,17-19H2,(H2,52,61)(H,53,60)/t29-,39?,40?/m0/s1. The Morgan fingerprint density at radius 1 is 0.903 bits per heavy atom. The summed E-state index contributed by atoms with van der Waals surface area (Å²) in [5.74, 6) is -8.68. The SMILES string of the molecule is NC(=O)c1cc(-c2cc3sc(N4CCN(c5ccc(Cl)cc5)CC4)nc3nc2[C@H](Cc2cc(F)cc(F)c2)NC(=O)Cn2nc(C(F)(F)F)c3c2C(F)(F)C24CC32C4)ccc1F. The van der Waals surface area contributed by atoms with E-state index < -0.39 is 87.3 Å². The number of nitrogens with zero attached hydrogens (tertiary/aromatic N) is 6. The van der Waals surface area contributed by atoms with E-state index in [2.05, 4.69) is 20.2 Å². The van der Waals surface area contributed by atoms with Crippen LogP contribution in [0.25, 0.3) is 21.5 Å². The average Bonchev–Trinajstić information content (AvgIpc) is 3.85. The summed E-state index contributed by atoms with van der Waals surface area (Å²) in [5, 5.41) is 7.36. The van der Waals surface area contributed by atoms with E-state index >= 15 is 8.78 Å². The van der Waals surface area contributed by atoms with Gasteiger partial charge in [0.05, 0.1) is 27.4 Å². The summed E-state index contributed by atoms with van der Waals surface area (Å²) in [6.07, 6.45) is -5.68. The number of amides is 2. The molecule has 3 aromatic heterocycles. The number of anilines is 2. The number of piperazine rings is 1. The van der Waals surface area contributed by atoms with Crippen LogP contribution in [-0.2, 0) is 35.3 Å². The molecule has 0 unspecified atom stereocenters. The Hall–Kier alpha value is -5.82. The second-order valence-corrected chi connectivity index (χ2v) is 17.6. The van der Waals surface area contributed by atoms with Crippen molar-refractivity contribution in [2.24, 2.45) is 11.1 Å². The van der Waals surface area contributed by atoms with E-state index in [9.17, 15) is 35.9 Å². The van der Waals surface area contributed by atoms with Crippen LogP contribution in [-0.4, -0.2) is 57.7 Å². The molecule has 2 amide bonds. The van der Waals surface area contributed by atoms with Crippen LogP contribution < -0.4 is 20.9 Å². The first-order valence-electron chi connectivity index (χ1n) is 19.4. The number of carbonyl (C=O) groups excluding carboxylic acids is 2. The molecule has 10 rings (SSSR count). The van der Waals surface area contributed by atoms with Gasteiger partial charge in [0.1, 0.15) is 29.7 Å². The van der Waals surface area contributed by atoms with Crippen molar-refractivity contribution in [2.45, 2.75) is 49.4 Å². The lowest BCUT2D eigenvalue weighted by Crippen LogP contribution is -2.46. The Morgan fingerprint density at radius 3 is 2.24 bits per heavy atom. The number of aromatic nitrogens is 4. The average molecular weight is 899 g/mol. The molecule has 2 saturated carbocycles. The zero-order valence-corrected chi connectivity index (χ0v) is 33.5. The largest absolute Gasteiger partial charge is 0.435 e. The highest BCUT2D eigenvalue weighted by Gasteiger charge is 2.98. The number of nitrogens with two attached hydrogens (primary N) is 1. The van der Waals surface area contributed by atoms with Crippen molar-refractivity contribution < 1.29 is 44.7 Å². The predicted octanol–water partition coefficient (Wildman–Crippen LogP) is 8.31. The van der Waals surface area contributed by atoms with Crippen molar-refractivity contribution in [3.63, 3.8) is 0 Å². The Labute approximate surface area is 355 Å². The molecule has 20 heteroatoms. The molecule has 4 aliphatic rings. The minimum Gasteiger partial charge on any atom is -0.368 e. The van der Waals surface area contributed by atoms with Gasteiger partial charge in [-0.1, -0.05) is 29.0 Å². The maximum absolute atomic E-state index is 15.8. The number of thiazole rings is 1. The Balaban J connectivity index is 1.04. The van der Waals surface area contributed by atoms with Crippen molar-refractivity contribution in [1.82, 2.24) is 25.1 Å². The molecule has 4 heterocycles. The molecule has 1 saturated heterocycles. The van der Waals surface area contributed by atoms with Crippen LogP contribution in [0, 0.1) is 22.9 Å². The van der Waals surface area contributed by atoms with Gasteiger partial charge in [-0.25, -0.2) is 18.2 Å². The van der Waals surface area contributed by atoms with Crippen molar-refractivity contribution in [1.29, 1.82) is 0 Å². The second kappa shape index (κ2) is 13.8. The third-order valence-corrected chi connectivity index (χ3v) is 13.8. The summed E-state index contributed by atoms with van der Waals surface area (Å²) < 4.78 is 119. The molecule has 0 spiro atoms. The number of primary amides is 1. The number of nitrogens with one attached hydrogen (secondary N) is 1. The van der Waals surface area contributed by atoms with E-state index in [-0.39, 0.29) is 47.3 Å². The molecule has 6 aromatic rings. The lowest BCUT2D eigenvalue weighted by molar-refractivity contribution is -0.142. The number of alkyl halides is 5. The Bertz CT molecular complexity index is 2830. The molecular weight excluding hydrogens is 868 g/mol. The third-order valence-electron chi connectivity index (χ3n) is 12.5. The highest BCUT2D eigenvalue weighted by Crippen LogP contribution is 2.97. The van der Waals surface area contributed by atoms with E-state index in [0.29, 0.717) is 51.8 Å². The smallest absolute Gasteiger partial charge is 0.368 e. The van der Waals surface area contributed by atoms with Crippen LogP contribution in [0.1, 0.15) is 57.5 Å². The summed E-state index contributed by atoms with van der Waals surface area (Å²) >= 11 is 7.36. The summed E-state index contributed by atoms with van der Waals surface area (Å²) in [6, 6.07) is 13.9. The van der Waals surface area contributed by atoms with Crippen LogP contribution in [0.3, 0.4) is 0 Å². The minimum absolute atomic E-state index is 0.00535. The van der Waals surface area contributed by atoms with E-state index in [1.165, 1.54) is 23.5 Å². The molecule has 1 aliphatic heterocycles. The van der Waals surface area contributed by atoms with Crippen LogP contribution in [0.4, 0.5) is 45.9 Å². The maximum atomic E-state index is 15.8. The number of benzene rings is 3. The normalized spacial score (nSPS) is 21.4. The van der Waals surface area contributed by atoms with Crippen LogP contribution in [0.15, 0.2) is 66.7 Å². The fraction of sp³-hybridized carbons (Fsp3) is 0.310. The second-order valence-electron chi connectivity index (χ2n) is 16.2. The first-order chi connectivity index (χ1) is 29.4. The van der Waals surface area contributed by atoms with Crippen LogP contribution in [0.2, 0.25) is 5.02 Å². The summed E-state index contributed by atoms with van der Waals surface area (Å²) in [6.45, 7) is 1.35. The molecule has 10 nitrogen and oxygen atoms in total. The molecule has 0 bridgehead atoms. The van der Waals surface area contributed by atoms with Gasteiger partial charge >= 0.3 is 6.18 Å². The van der Waals surface area contributed by atoms with Gasteiger partial charge in [-0.3, -0.25) is 14.3 Å². The van der Waals surface area contributed by atoms with Crippen molar-refractivity contribution in [2.75, 3.05) is 36.0 Å². The number of carbonyl (C=O) groups is 2. The number of rotatable bonds is 10. The van der Waals surface area contributed by atoms with E-state index in [0.717, 1.165) is 23.9 Å². The highest BCUT2D eigenvalue weighted by molar-refractivity contribution is 7.22. The number of halogens is 9. The van der Waals surface area contributed by atoms with Crippen molar-refractivity contribution in [3.05, 3.63) is 123 Å². The summed E-state index contributed by atoms with van der Waals surface area (Å²) in [4.78, 5) is 40.2. The van der Waals surface area contributed by atoms with Gasteiger partial charge in [-0.05, 0) is 85.0 Å². The summed E-state index contributed by atoms with van der Waals surface area (Å²) in [7, 11) is 0. The van der Waals surface area contributed by atoms with Gasteiger partial charge in [0.15, 0.2) is 16.5 Å². The van der Waals surface area contributed by atoms with Gasteiger partial charge in [0.25, 0.3) is 11.8 Å². The lowest BCUT2D eigenvalue weighted by atomic mass is 9.93. The Kier molecular flexibility index (Phi) is 8.99. The molecule has 1 atom stereocenters. The van der Waals surface area contributed by atoms with Gasteiger partial charge in [-0.2, -0.15) is 32.0 Å². The molecule has 3 fully saturated rings. The van der Waals surface area contributed by atoms with Gasteiger partial charge in [0.2, 0.25) is 5.91 Å². The topological polar surface area (TPSA) is 122 Å². The van der Waals surface area contributed by atoms with Gasteiger partial charge in [0, 0.05) is 59.5 Å². The van der Waals surface area contributed by atoms with E-state index in [1.807, 2.05) is 12.1 Å². The number of hydrogen-bond acceptors (Lipinski definition) is 8. The van der Waals surface area contributed by atoms with Crippen LogP contribution in [0.5, 0.6) is 0 Å². The number of fused-ring (bicyclic) bond motifs is 2. The van der Waals surface area contributed by atoms with Crippen molar-refractivity contribution >= 4 is 55.9 Å². The monoisotopic (exact) mass is 898 g/mol. The highest BCUT2D eigenvalue weighted by atomic mass is 35.5. The Morgan fingerprint density at radius 2 is 1.58 bits per heavy atom. The minimum atomic E-state index is -5.08. The first kappa shape index (κ1) is 40.3. The molecule has 0 radical (unpaired) electrons. The van der Waals surface area contributed by atoms with Crippen LogP contribution >= 0.6 is 22.9 Å². The van der Waals surface area contributed by atoms with Crippen molar-refractivity contribution in [3.8, 4) is 11.1 Å². The van der Waals surface area contributed by atoms with E-state index in [1.54, 1.807) is 18.2 Å². The molecule has 62 heavy (non-hydrogen) atoms. The quantitative estimate of drug-likeness (QED) is 0.133. The predicted molar refractivity (Wildman–Crippen MR) is 213 cm³/mol. The molecule has 320 valence electrons. The van der Waals surface area contributed by atoms with E-state index in [4.69, 9.17) is 27.3 Å². The zero-order chi connectivity index (χ0) is 43.7. The number of pyridine rings is 1. The lowest BCUT2D eigenvalue weighted by Gasteiger charge is -2.35. The fourth-order valence-corrected chi connectivity index (χ4v) is 10.5. The maximum Gasteiger partial charge on any atom is 0.435 e. The zero-order valence-electron chi connectivity index (χ0n) is 32.0. The molecule has 3 N–H and O–H groups in total. The summed E-state index contributed by atoms with van der Waals surface area (Å²) in [5.41, 5.74) is 0.616. The first-order valence-corrected chi connectivity index (χ1v) is 20.5. The fourth-order valence-electron chi connectivity index (χ4n) is 9.35. The number of hydrogen-bond donors (Lipinski definition) is 2. The van der Waals surface area contributed by atoms with Gasteiger partial charge < -0.3 is 20.9 Å². The third kappa shape index (κ3) is 6.36. The molecule has 3 aliphatic carbocycles. The molecular formula is C42H31ClF8N8O2S.